The van der Waals surface area contributed by atoms with Crippen molar-refractivity contribution in [3.63, 3.8) is 0 Å². The number of hydrogen-bond donors (Lipinski definition) is 1. The molecule has 1 aliphatic rings. The zero-order chi connectivity index (χ0) is 16.4. The predicted octanol–water partition coefficient (Wildman–Crippen LogP) is 2.70. The van der Waals surface area contributed by atoms with Crippen molar-refractivity contribution in [3.05, 3.63) is 52.3 Å². The number of carbonyl (C=O) groups excluding carboxylic acids is 1. The van der Waals surface area contributed by atoms with Crippen molar-refractivity contribution in [2.45, 2.75) is 32.2 Å². The molecule has 0 saturated heterocycles. The molecule has 2 atom stereocenters. The van der Waals surface area contributed by atoms with E-state index in [4.69, 9.17) is 0 Å². The normalized spacial score (nSPS) is 19.3. The molecule has 1 aliphatic carbocycles. The highest BCUT2D eigenvalue weighted by Gasteiger charge is 2.37. The summed E-state index contributed by atoms with van der Waals surface area (Å²) in [6.45, 7) is 2.14. The first kappa shape index (κ1) is 15.2. The van der Waals surface area contributed by atoms with E-state index in [0.29, 0.717) is 17.3 Å². The lowest BCUT2D eigenvalue weighted by atomic mass is 10.2. The molecule has 7 nitrogen and oxygen atoms in total. The Morgan fingerprint density at radius 1 is 1.48 bits per heavy atom. The molecular formula is C16H18N4O3. The fourth-order valence-corrected chi connectivity index (χ4v) is 2.69. The maximum Gasteiger partial charge on any atom is 0.272 e. The Morgan fingerprint density at radius 3 is 3.04 bits per heavy atom. The van der Waals surface area contributed by atoms with Crippen LogP contribution in [0.5, 0.6) is 0 Å². The molecule has 2 aromatic rings. The van der Waals surface area contributed by atoms with Gasteiger partial charge in [-0.2, -0.15) is 5.10 Å². The number of carbonyl (C=O) groups is 1. The van der Waals surface area contributed by atoms with Crippen LogP contribution in [-0.2, 0) is 0 Å². The summed E-state index contributed by atoms with van der Waals surface area (Å²) in [6, 6.07) is 8.01. The van der Waals surface area contributed by atoms with Crippen LogP contribution in [0.1, 0.15) is 36.7 Å². The maximum atomic E-state index is 12.2. The van der Waals surface area contributed by atoms with Crippen LogP contribution in [0.25, 0.3) is 5.69 Å². The van der Waals surface area contributed by atoms with Crippen LogP contribution < -0.4 is 5.32 Å². The molecule has 0 aliphatic heterocycles. The second kappa shape index (κ2) is 6.20. The lowest BCUT2D eigenvalue weighted by Crippen LogP contribution is -2.27. The Morgan fingerprint density at radius 2 is 2.30 bits per heavy atom. The van der Waals surface area contributed by atoms with Gasteiger partial charge < -0.3 is 5.32 Å². The van der Waals surface area contributed by atoms with Crippen LogP contribution in [0.15, 0.2) is 36.5 Å². The zero-order valence-electron chi connectivity index (χ0n) is 12.8. The molecule has 1 N–H and O–H groups in total. The molecule has 1 fully saturated rings. The van der Waals surface area contributed by atoms with Gasteiger partial charge in [-0.25, -0.2) is 4.68 Å². The lowest BCUT2D eigenvalue weighted by molar-refractivity contribution is -0.384. The molecule has 1 saturated carbocycles. The van der Waals surface area contributed by atoms with Crippen molar-refractivity contribution in [2.75, 3.05) is 0 Å². The van der Waals surface area contributed by atoms with Gasteiger partial charge in [-0.05, 0) is 30.9 Å². The molecule has 1 aromatic carbocycles. The van der Waals surface area contributed by atoms with E-state index < -0.39 is 4.92 Å². The van der Waals surface area contributed by atoms with Gasteiger partial charge in [0.1, 0.15) is 0 Å². The van der Waals surface area contributed by atoms with E-state index in [9.17, 15) is 14.9 Å². The second-order valence-corrected chi connectivity index (χ2v) is 5.79. The van der Waals surface area contributed by atoms with Crippen molar-refractivity contribution < 1.29 is 9.72 Å². The number of nitrogens with zero attached hydrogens (tertiary/aromatic N) is 3. The predicted molar refractivity (Wildman–Crippen MR) is 84.5 cm³/mol. The SMILES string of the molecule is CCC[C@@H]1C[C@@H]1NC(=O)c1ccn(-c2cccc([N+](=O)[O-])c2)n1. The number of non-ortho nitro benzene ring substituents is 1. The van der Waals surface area contributed by atoms with E-state index >= 15 is 0 Å². The molecule has 3 rings (SSSR count). The van der Waals surface area contributed by atoms with Gasteiger partial charge in [-0.3, -0.25) is 14.9 Å². The fraction of sp³-hybridized carbons (Fsp3) is 0.375. The summed E-state index contributed by atoms with van der Waals surface area (Å²) in [5.41, 5.74) is 0.858. The number of aromatic nitrogens is 2. The van der Waals surface area contributed by atoms with Crippen molar-refractivity contribution >= 4 is 11.6 Å². The third-order valence-electron chi connectivity index (χ3n) is 4.03. The van der Waals surface area contributed by atoms with Gasteiger partial charge in [0.05, 0.1) is 10.6 Å². The smallest absolute Gasteiger partial charge is 0.272 e. The maximum absolute atomic E-state index is 12.2. The standard InChI is InChI=1S/C16H18N4O3/c1-2-4-11-9-15(11)17-16(21)14-7-8-19(18-14)12-5-3-6-13(10-12)20(22)23/h3,5-8,10-11,15H,2,4,9H2,1H3,(H,17,21)/t11-,15+/m1/s1. The first-order chi connectivity index (χ1) is 11.1. The number of nitrogens with one attached hydrogen (secondary N) is 1. The summed E-state index contributed by atoms with van der Waals surface area (Å²) >= 11 is 0. The van der Waals surface area contributed by atoms with Crippen molar-refractivity contribution in [3.8, 4) is 5.69 Å². The summed E-state index contributed by atoms with van der Waals surface area (Å²) in [4.78, 5) is 22.5. The molecular weight excluding hydrogens is 296 g/mol. The van der Waals surface area contributed by atoms with Gasteiger partial charge in [0.15, 0.2) is 5.69 Å². The van der Waals surface area contributed by atoms with E-state index in [1.165, 1.54) is 16.8 Å². The Kier molecular flexibility index (Phi) is 4.10. The summed E-state index contributed by atoms with van der Waals surface area (Å²) in [6.07, 6.45) is 4.92. The Hall–Kier alpha value is -2.70. The summed E-state index contributed by atoms with van der Waals surface area (Å²) < 4.78 is 1.47. The average Bonchev–Trinajstić information content (AvgIpc) is 3.08. The first-order valence-corrected chi connectivity index (χ1v) is 7.70. The molecule has 23 heavy (non-hydrogen) atoms. The number of hydrogen-bond acceptors (Lipinski definition) is 4. The molecule has 0 radical (unpaired) electrons. The molecule has 0 bridgehead atoms. The van der Waals surface area contributed by atoms with Gasteiger partial charge in [0.25, 0.3) is 11.6 Å². The molecule has 7 heteroatoms. The number of nitro benzene ring substituents is 1. The quantitative estimate of drug-likeness (QED) is 0.655. The molecule has 0 unspecified atom stereocenters. The Balaban J connectivity index is 1.69. The van der Waals surface area contributed by atoms with Gasteiger partial charge in [-0.15, -0.1) is 0 Å². The van der Waals surface area contributed by atoms with E-state index in [1.807, 2.05) is 0 Å². The largest absolute Gasteiger partial charge is 0.348 e. The Bertz CT molecular complexity index is 740. The van der Waals surface area contributed by atoms with Crippen molar-refractivity contribution in [2.24, 2.45) is 5.92 Å². The van der Waals surface area contributed by atoms with Crippen LogP contribution >= 0.6 is 0 Å². The molecule has 1 amide bonds. The van der Waals surface area contributed by atoms with Crippen LogP contribution in [0.3, 0.4) is 0 Å². The second-order valence-electron chi connectivity index (χ2n) is 5.79. The highest BCUT2D eigenvalue weighted by molar-refractivity contribution is 5.92. The summed E-state index contributed by atoms with van der Waals surface area (Å²) in [5, 5.41) is 18.0. The average molecular weight is 314 g/mol. The van der Waals surface area contributed by atoms with Crippen LogP contribution in [-0.4, -0.2) is 26.7 Å². The summed E-state index contributed by atoms with van der Waals surface area (Å²) in [5.74, 6) is 0.389. The zero-order valence-corrected chi connectivity index (χ0v) is 12.8. The topological polar surface area (TPSA) is 90.1 Å². The lowest BCUT2D eigenvalue weighted by Gasteiger charge is -2.03. The van der Waals surface area contributed by atoms with Gasteiger partial charge in [0.2, 0.25) is 0 Å². The third-order valence-corrected chi connectivity index (χ3v) is 4.03. The van der Waals surface area contributed by atoms with Gasteiger partial charge in [0, 0.05) is 24.4 Å². The number of amides is 1. The van der Waals surface area contributed by atoms with Crippen LogP contribution in [0.2, 0.25) is 0 Å². The minimum atomic E-state index is -0.457. The highest BCUT2D eigenvalue weighted by atomic mass is 16.6. The van der Waals surface area contributed by atoms with E-state index in [-0.39, 0.29) is 17.6 Å². The third kappa shape index (κ3) is 3.39. The van der Waals surface area contributed by atoms with Gasteiger partial charge >= 0.3 is 0 Å². The number of benzene rings is 1. The molecule has 1 heterocycles. The minimum Gasteiger partial charge on any atom is -0.348 e. The monoisotopic (exact) mass is 314 g/mol. The molecule has 0 spiro atoms. The van der Waals surface area contributed by atoms with Crippen molar-refractivity contribution in [1.29, 1.82) is 0 Å². The van der Waals surface area contributed by atoms with Crippen LogP contribution in [0.4, 0.5) is 5.69 Å². The van der Waals surface area contributed by atoms with E-state index in [2.05, 4.69) is 17.3 Å². The van der Waals surface area contributed by atoms with E-state index in [1.54, 1.807) is 24.4 Å². The van der Waals surface area contributed by atoms with E-state index in [0.717, 1.165) is 19.3 Å². The number of rotatable bonds is 6. The first-order valence-electron chi connectivity index (χ1n) is 7.70. The number of nitro groups is 1. The Labute approximate surface area is 133 Å². The fourth-order valence-electron chi connectivity index (χ4n) is 2.69. The highest BCUT2D eigenvalue weighted by Crippen LogP contribution is 2.34. The van der Waals surface area contributed by atoms with Gasteiger partial charge in [-0.1, -0.05) is 19.4 Å². The van der Waals surface area contributed by atoms with Crippen molar-refractivity contribution in [1.82, 2.24) is 15.1 Å². The molecule has 1 aromatic heterocycles. The molecule has 120 valence electrons. The minimum absolute atomic E-state index is 0.00982. The summed E-state index contributed by atoms with van der Waals surface area (Å²) in [7, 11) is 0. The van der Waals surface area contributed by atoms with Crippen LogP contribution in [0, 0.1) is 16.0 Å².